The highest BCUT2D eigenvalue weighted by molar-refractivity contribution is 5.78. The summed E-state index contributed by atoms with van der Waals surface area (Å²) in [6.45, 7) is 5.20. The molecule has 1 heterocycles. The molecule has 1 saturated carbocycles. The molecule has 2 aliphatic rings. The maximum absolute atomic E-state index is 13.5. The third-order valence-electron chi connectivity index (χ3n) is 6.55. The number of carbonyl (C=O) groups excluding carboxylic acids is 2. The van der Waals surface area contributed by atoms with Crippen LogP contribution in [0.25, 0.3) is 0 Å². The van der Waals surface area contributed by atoms with E-state index < -0.39 is 11.6 Å². The summed E-state index contributed by atoms with van der Waals surface area (Å²) in [5.74, 6) is -0.771. The Bertz CT molecular complexity index is 735. The number of rotatable bonds is 4. The first kappa shape index (κ1) is 22.5. The van der Waals surface area contributed by atoms with E-state index in [1.165, 1.54) is 12.1 Å². The predicted octanol–water partition coefficient (Wildman–Crippen LogP) is 4.28. The summed E-state index contributed by atoms with van der Waals surface area (Å²) < 4.78 is 27.0. The first-order valence-electron chi connectivity index (χ1n) is 11.0. The molecule has 2 fully saturated rings. The van der Waals surface area contributed by atoms with E-state index in [0.29, 0.717) is 18.7 Å². The summed E-state index contributed by atoms with van der Waals surface area (Å²) in [6.07, 6.45) is 4.77. The molecule has 30 heavy (non-hydrogen) atoms. The zero-order valence-corrected chi connectivity index (χ0v) is 18.2. The van der Waals surface area contributed by atoms with Gasteiger partial charge in [0, 0.05) is 44.2 Å². The summed E-state index contributed by atoms with van der Waals surface area (Å²) >= 11 is 0. The van der Waals surface area contributed by atoms with Crippen molar-refractivity contribution >= 4 is 11.9 Å². The predicted molar refractivity (Wildman–Crippen MR) is 112 cm³/mol. The van der Waals surface area contributed by atoms with Crippen molar-refractivity contribution in [2.24, 2.45) is 5.92 Å². The van der Waals surface area contributed by atoms with E-state index in [9.17, 15) is 18.4 Å². The number of amides is 3. The lowest BCUT2D eigenvalue weighted by molar-refractivity contribution is -0.135. The Morgan fingerprint density at radius 3 is 2.10 bits per heavy atom. The third-order valence-corrected chi connectivity index (χ3v) is 6.55. The number of carbonyl (C=O) groups is 2. The van der Waals surface area contributed by atoms with Crippen LogP contribution in [0.4, 0.5) is 13.6 Å². The molecule has 7 heteroatoms. The van der Waals surface area contributed by atoms with Crippen molar-refractivity contribution in [3.8, 4) is 0 Å². The molecule has 5 nitrogen and oxygen atoms in total. The molecule has 3 rings (SSSR count). The molecular formula is C23H33F2N3O2. The molecule has 0 unspecified atom stereocenters. The fourth-order valence-electron chi connectivity index (χ4n) is 4.66. The SMILES string of the molecule is CC(C)C(=O)N1CCC(N(C)C(=O)N[C@H]2CC[C@H](c3cc(F)cc(F)c3)CC2)CC1. The van der Waals surface area contributed by atoms with E-state index in [1.807, 2.05) is 25.8 Å². The van der Waals surface area contributed by atoms with E-state index in [-0.39, 0.29) is 35.9 Å². The van der Waals surface area contributed by atoms with Crippen LogP contribution in [0.5, 0.6) is 0 Å². The summed E-state index contributed by atoms with van der Waals surface area (Å²) in [6, 6.07) is 3.86. The molecule has 0 bridgehead atoms. The van der Waals surface area contributed by atoms with Crippen LogP contribution in [0.3, 0.4) is 0 Å². The zero-order valence-electron chi connectivity index (χ0n) is 18.2. The Morgan fingerprint density at radius 2 is 1.57 bits per heavy atom. The lowest BCUT2D eigenvalue weighted by Gasteiger charge is -2.38. The Balaban J connectivity index is 1.45. The standard InChI is InChI=1S/C23H33F2N3O2/c1-15(2)22(29)28-10-8-21(9-11-28)27(3)23(30)26-20-6-4-16(5-7-20)17-12-18(24)14-19(25)13-17/h12-16,20-21H,4-11H2,1-3H3,(H,26,30)/t16-,20-. The second-order valence-corrected chi connectivity index (χ2v) is 9.02. The van der Waals surface area contributed by atoms with Crippen LogP contribution < -0.4 is 5.32 Å². The molecule has 0 radical (unpaired) electrons. The van der Waals surface area contributed by atoms with E-state index in [1.54, 1.807) is 4.90 Å². The van der Waals surface area contributed by atoms with E-state index >= 15 is 0 Å². The Hall–Kier alpha value is -2.18. The number of urea groups is 1. The normalized spacial score (nSPS) is 22.8. The van der Waals surface area contributed by atoms with E-state index in [0.717, 1.165) is 44.6 Å². The maximum atomic E-state index is 13.5. The zero-order chi connectivity index (χ0) is 21.8. The second kappa shape index (κ2) is 9.75. The van der Waals surface area contributed by atoms with E-state index in [4.69, 9.17) is 0 Å². The number of hydrogen-bond donors (Lipinski definition) is 1. The summed E-state index contributed by atoms with van der Waals surface area (Å²) in [5, 5.41) is 3.12. The monoisotopic (exact) mass is 421 g/mol. The first-order valence-corrected chi connectivity index (χ1v) is 11.0. The first-order chi connectivity index (χ1) is 14.2. The van der Waals surface area contributed by atoms with Crippen molar-refractivity contribution in [2.75, 3.05) is 20.1 Å². The molecule has 166 valence electrons. The summed E-state index contributed by atoms with van der Waals surface area (Å²) in [7, 11) is 1.82. The second-order valence-electron chi connectivity index (χ2n) is 9.02. The van der Waals surface area contributed by atoms with Gasteiger partial charge in [-0.3, -0.25) is 4.79 Å². The number of likely N-dealkylation sites (tertiary alicyclic amines) is 1. The smallest absolute Gasteiger partial charge is 0.317 e. The number of benzene rings is 1. The fraction of sp³-hybridized carbons (Fsp3) is 0.652. The van der Waals surface area contributed by atoms with Crippen molar-refractivity contribution in [3.63, 3.8) is 0 Å². The molecule has 3 amide bonds. The van der Waals surface area contributed by atoms with Gasteiger partial charge < -0.3 is 15.1 Å². The lowest BCUT2D eigenvalue weighted by atomic mass is 9.81. The Labute approximate surface area is 177 Å². The summed E-state index contributed by atoms with van der Waals surface area (Å²) in [5.41, 5.74) is 0.706. The van der Waals surface area contributed by atoms with E-state index in [2.05, 4.69) is 5.32 Å². The highest BCUT2D eigenvalue weighted by Gasteiger charge is 2.30. The van der Waals surface area contributed by atoms with Crippen LogP contribution in [0.2, 0.25) is 0 Å². The topological polar surface area (TPSA) is 52.7 Å². The van der Waals surface area contributed by atoms with Crippen molar-refractivity contribution in [3.05, 3.63) is 35.4 Å². The van der Waals surface area contributed by atoms with Gasteiger partial charge in [-0.05, 0) is 62.1 Å². The van der Waals surface area contributed by atoms with Crippen molar-refractivity contribution < 1.29 is 18.4 Å². The molecule has 0 aromatic heterocycles. The summed E-state index contributed by atoms with van der Waals surface area (Å²) in [4.78, 5) is 28.5. The van der Waals surface area contributed by atoms with Gasteiger partial charge in [0.25, 0.3) is 0 Å². The van der Waals surface area contributed by atoms with Crippen molar-refractivity contribution in [2.45, 2.75) is 70.4 Å². The van der Waals surface area contributed by atoms with Gasteiger partial charge in [0.1, 0.15) is 11.6 Å². The van der Waals surface area contributed by atoms with Gasteiger partial charge in [-0.15, -0.1) is 0 Å². The molecule has 0 spiro atoms. The molecule has 1 saturated heterocycles. The van der Waals surface area contributed by atoms with Gasteiger partial charge >= 0.3 is 6.03 Å². The van der Waals surface area contributed by atoms with Crippen LogP contribution in [-0.4, -0.2) is 54.0 Å². The van der Waals surface area contributed by atoms with Crippen LogP contribution in [0.1, 0.15) is 63.9 Å². The minimum Gasteiger partial charge on any atom is -0.342 e. The molecule has 1 aromatic rings. The largest absolute Gasteiger partial charge is 0.342 e. The number of halogens is 2. The Morgan fingerprint density at radius 1 is 1.00 bits per heavy atom. The van der Waals surface area contributed by atoms with Crippen LogP contribution >= 0.6 is 0 Å². The third kappa shape index (κ3) is 5.49. The average Bonchev–Trinajstić information content (AvgIpc) is 2.72. The van der Waals surface area contributed by atoms with Crippen LogP contribution in [-0.2, 0) is 4.79 Å². The number of nitrogens with zero attached hydrogens (tertiary/aromatic N) is 2. The van der Waals surface area contributed by atoms with Gasteiger partial charge in [0.2, 0.25) is 5.91 Å². The molecule has 1 aliphatic carbocycles. The maximum Gasteiger partial charge on any atom is 0.317 e. The van der Waals surface area contributed by atoms with Gasteiger partial charge in [-0.1, -0.05) is 13.8 Å². The Kier molecular flexibility index (Phi) is 7.32. The van der Waals surface area contributed by atoms with Gasteiger partial charge in [-0.2, -0.15) is 0 Å². The highest BCUT2D eigenvalue weighted by Crippen LogP contribution is 2.33. The minimum atomic E-state index is -0.539. The molecule has 1 aliphatic heterocycles. The van der Waals surface area contributed by atoms with Crippen molar-refractivity contribution in [1.82, 2.24) is 15.1 Å². The van der Waals surface area contributed by atoms with Gasteiger partial charge in [0.15, 0.2) is 0 Å². The molecular weight excluding hydrogens is 388 g/mol. The average molecular weight is 422 g/mol. The molecule has 0 atom stereocenters. The number of piperidine rings is 1. The number of hydrogen-bond acceptors (Lipinski definition) is 2. The quantitative estimate of drug-likeness (QED) is 0.789. The number of nitrogens with one attached hydrogen (secondary N) is 1. The van der Waals surface area contributed by atoms with Crippen LogP contribution in [0, 0.1) is 17.6 Å². The van der Waals surface area contributed by atoms with Crippen molar-refractivity contribution in [1.29, 1.82) is 0 Å². The molecule has 1 N–H and O–H groups in total. The van der Waals surface area contributed by atoms with Gasteiger partial charge in [-0.25, -0.2) is 13.6 Å². The fourth-order valence-corrected chi connectivity index (χ4v) is 4.66. The molecule has 1 aromatic carbocycles. The van der Waals surface area contributed by atoms with Crippen LogP contribution in [0.15, 0.2) is 18.2 Å². The highest BCUT2D eigenvalue weighted by atomic mass is 19.1. The lowest BCUT2D eigenvalue weighted by Crippen LogP contribution is -2.52. The van der Waals surface area contributed by atoms with Gasteiger partial charge in [0.05, 0.1) is 0 Å². The minimum absolute atomic E-state index is 0.00146.